The van der Waals surface area contributed by atoms with Gasteiger partial charge in [-0.1, -0.05) is 30.0 Å². The lowest BCUT2D eigenvalue weighted by Gasteiger charge is -2.14. The van der Waals surface area contributed by atoms with E-state index in [1.54, 1.807) is 37.5 Å². The second kappa shape index (κ2) is 9.32. The third-order valence-corrected chi connectivity index (χ3v) is 5.95. The Morgan fingerprint density at radius 1 is 1.28 bits per heavy atom. The van der Waals surface area contributed by atoms with Crippen molar-refractivity contribution in [2.75, 3.05) is 6.61 Å². The molecule has 3 N–H and O–H groups in total. The monoisotopic (exact) mass is 474 g/mol. The minimum absolute atomic E-state index is 0.0384. The first kappa shape index (κ1) is 23.2. The number of primary amides is 1. The van der Waals surface area contributed by atoms with Gasteiger partial charge in [0.25, 0.3) is 11.7 Å². The summed E-state index contributed by atoms with van der Waals surface area (Å²) in [7, 11) is 0. The fraction of sp³-hybridized carbons (Fsp3) is 0.200. The van der Waals surface area contributed by atoms with Crippen molar-refractivity contribution in [3.8, 4) is 5.75 Å². The van der Waals surface area contributed by atoms with Crippen molar-refractivity contribution in [2.24, 2.45) is 5.73 Å². The number of hydrogen-bond acceptors (Lipinski definition) is 8. The Morgan fingerprint density at radius 3 is 2.59 bits per heavy atom. The van der Waals surface area contributed by atoms with Crippen LogP contribution in [-0.4, -0.2) is 59.2 Å². The van der Waals surface area contributed by atoms with Crippen LogP contribution in [0.25, 0.3) is 10.9 Å². The van der Waals surface area contributed by atoms with Crippen molar-refractivity contribution in [1.29, 1.82) is 0 Å². The van der Waals surface area contributed by atoms with Crippen molar-refractivity contribution in [3.05, 3.63) is 47.9 Å². The number of thioether (sulfide) groups is 1. The SMILES string of the molecule is Cc1c(C(=O)C(N)=O)c2c(OCC(=O)O)cccc2n1C(=O)C(C)SC(=S)n1cccn1. The van der Waals surface area contributed by atoms with Crippen molar-refractivity contribution in [2.45, 2.75) is 19.1 Å². The summed E-state index contributed by atoms with van der Waals surface area (Å²) in [6.45, 7) is 2.47. The molecule has 0 aliphatic carbocycles. The normalized spacial score (nSPS) is 11.8. The highest BCUT2D eigenvalue weighted by Crippen LogP contribution is 2.35. The van der Waals surface area contributed by atoms with E-state index < -0.39 is 35.4 Å². The van der Waals surface area contributed by atoms with Crippen molar-refractivity contribution < 1.29 is 29.0 Å². The molecule has 0 saturated heterocycles. The molecule has 0 fully saturated rings. The van der Waals surface area contributed by atoms with Gasteiger partial charge in [-0.05, 0) is 32.0 Å². The van der Waals surface area contributed by atoms with Crippen molar-refractivity contribution >= 4 is 62.8 Å². The summed E-state index contributed by atoms with van der Waals surface area (Å²) in [6, 6.07) is 6.26. The van der Waals surface area contributed by atoms with E-state index in [1.807, 2.05) is 0 Å². The molecule has 2 heterocycles. The molecule has 1 atom stereocenters. The first-order chi connectivity index (χ1) is 15.1. The Hall–Kier alpha value is -3.51. The number of aromatic nitrogens is 3. The van der Waals surface area contributed by atoms with Gasteiger partial charge >= 0.3 is 5.97 Å². The third-order valence-electron chi connectivity index (χ3n) is 4.53. The average molecular weight is 475 g/mol. The summed E-state index contributed by atoms with van der Waals surface area (Å²) in [5, 5.41) is 12.4. The van der Waals surface area contributed by atoms with Gasteiger partial charge in [-0.2, -0.15) is 5.10 Å². The van der Waals surface area contributed by atoms with E-state index in [9.17, 15) is 19.2 Å². The van der Waals surface area contributed by atoms with Gasteiger partial charge in [0.15, 0.2) is 10.9 Å². The maximum Gasteiger partial charge on any atom is 0.341 e. The van der Waals surface area contributed by atoms with E-state index >= 15 is 0 Å². The number of fused-ring (bicyclic) bond motifs is 1. The van der Waals surface area contributed by atoms with Gasteiger partial charge in [-0.3, -0.25) is 19.0 Å². The van der Waals surface area contributed by atoms with Crippen LogP contribution in [-0.2, 0) is 9.59 Å². The fourth-order valence-electron chi connectivity index (χ4n) is 3.19. The van der Waals surface area contributed by atoms with Gasteiger partial charge in [0.1, 0.15) is 5.75 Å². The van der Waals surface area contributed by atoms with Gasteiger partial charge in [0.2, 0.25) is 5.91 Å². The molecule has 32 heavy (non-hydrogen) atoms. The lowest BCUT2D eigenvalue weighted by Crippen LogP contribution is -2.26. The summed E-state index contributed by atoms with van der Waals surface area (Å²) in [5.41, 5.74) is 5.55. The van der Waals surface area contributed by atoms with Crippen molar-refractivity contribution in [3.63, 3.8) is 0 Å². The topological polar surface area (TPSA) is 147 Å². The number of rotatable bonds is 7. The van der Waals surface area contributed by atoms with Gasteiger partial charge in [-0.25, -0.2) is 9.48 Å². The number of ketones is 1. The molecule has 0 bridgehead atoms. The Bertz CT molecular complexity index is 1250. The molecular formula is C20H18N4O6S2. The highest BCUT2D eigenvalue weighted by molar-refractivity contribution is 8.23. The van der Waals surface area contributed by atoms with E-state index in [-0.39, 0.29) is 27.9 Å². The number of Topliss-reactive ketones (excluding diaryl/α,β-unsaturated/α-hetero) is 1. The molecule has 1 unspecified atom stereocenters. The number of benzene rings is 1. The molecule has 3 aromatic rings. The van der Waals surface area contributed by atoms with Gasteiger partial charge in [0, 0.05) is 18.1 Å². The lowest BCUT2D eigenvalue weighted by atomic mass is 10.1. The van der Waals surface area contributed by atoms with Gasteiger partial charge < -0.3 is 15.6 Å². The number of nitrogens with zero attached hydrogens (tertiary/aromatic N) is 3. The van der Waals surface area contributed by atoms with Crippen molar-refractivity contribution in [1.82, 2.24) is 14.3 Å². The number of thiocarbonyl (C=S) groups is 1. The van der Waals surface area contributed by atoms with E-state index in [1.165, 1.54) is 22.2 Å². The fourth-order valence-corrected chi connectivity index (χ4v) is 4.46. The second-order valence-electron chi connectivity index (χ2n) is 6.64. The minimum Gasteiger partial charge on any atom is -0.481 e. The number of nitrogens with two attached hydrogens (primary N) is 1. The molecule has 0 radical (unpaired) electrons. The molecule has 1 aromatic carbocycles. The molecule has 0 saturated carbocycles. The third kappa shape index (κ3) is 4.41. The molecule has 0 aliphatic heterocycles. The predicted octanol–water partition coefficient (Wildman–Crippen LogP) is 1.87. The van der Waals surface area contributed by atoms with Gasteiger partial charge in [-0.15, -0.1) is 0 Å². The first-order valence-corrected chi connectivity index (χ1v) is 10.5. The Kier molecular flexibility index (Phi) is 6.75. The molecule has 2 aromatic heterocycles. The maximum absolute atomic E-state index is 13.4. The van der Waals surface area contributed by atoms with Crippen LogP contribution in [0.5, 0.6) is 5.75 Å². The highest BCUT2D eigenvalue weighted by atomic mass is 32.2. The minimum atomic E-state index is -1.23. The highest BCUT2D eigenvalue weighted by Gasteiger charge is 2.30. The van der Waals surface area contributed by atoms with E-state index in [4.69, 9.17) is 27.8 Å². The number of aliphatic carboxylic acids is 1. The van der Waals surface area contributed by atoms with Crippen LogP contribution in [0.2, 0.25) is 0 Å². The van der Waals surface area contributed by atoms with E-state index in [0.29, 0.717) is 4.32 Å². The quantitative estimate of drug-likeness (QED) is 0.297. The van der Waals surface area contributed by atoms with Crippen LogP contribution < -0.4 is 10.5 Å². The van der Waals surface area contributed by atoms with Gasteiger partial charge in [0.05, 0.1) is 21.7 Å². The maximum atomic E-state index is 13.4. The van der Waals surface area contributed by atoms with Crippen LogP contribution >= 0.6 is 24.0 Å². The number of carboxylic acid groups (broad SMARTS) is 1. The van der Waals surface area contributed by atoms with Crippen LogP contribution in [0.1, 0.15) is 27.8 Å². The molecule has 3 rings (SSSR count). The molecule has 1 amide bonds. The number of carbonyl (C=O) groups excluding carboxylic acids is 3. The molecule has 0 spiro atoms. The molecule has 10 nitrogen and oxygen atoms in total. The van der Waals surface area contributed by atoms with E-state index in [2.05, 4.69) is 5.10 Å². The number of hydrogen-bond donors (Lipinski definition) is 2. The predicted molar refractivity (Wildman–Crippen MR) is 121 cm³/mol. The number of carbonyl (C=O) groups is 4. The van der Waals surface area contributed by atoms with E-state index in [0.717, 1.165) is 11.8 Å². The van der Waals surface area contributed by atoms with Crippen LogP contribution in [0.4, 0.5) is 0 Å². The number of carboxylic acids is 1. The zero-order valence-corrected chi connectivity index (χ0v) is 18.6. The first-order valence-electron chi connectivity index (χ1n) is 9.21. The van der Waals surface area contributed by atoms with Crippen LogP contribution in [0.3, 0.4) is 0 Å². The summed E-state index contributed by atoms with van der Waals surface area (Å²) in [6.07, 6.45) is 3.21. The summed E-state index contributed by atoms with van der Waals surface area (Å²) in [4.78, 5) is 48.6. The Balaban J connectivity index is 2.11. The standard InChI is InChI=1S/C20H18N4O6S2/c1-10-15(17(27)18(21)28)16-12(5-3-6-13(16)30-9-14(25)26)24(10)19(29)11(2)32-20(31)23-8-4-7-22-23/h3-8,11H,9H2,1-2H3,(H2,21,28)(H,25,26). The molecule has 0 aliphatic rings. The second-order valence-corrected chi connectivity index (χ2v) is 8.61. The number of ether oxygens (including phenoxy) is 1. The largest absolute Gasteiger partial charge is 0.481 e. The zero-order valence-electron chi connectivity index (χ0n) is 17.0. The Labute approximate surface area is 191 Å². The lowest BCUT2D eigenvalue weighted by molar-refractivity contribution is -0.139. The zero-order chi connectivity index (χ0) is 23.6. The smallest absolute Gasteiger partial charge is 0.341 e. The molecule has 12 heteroatoms. The average Bonchev–Trinajstić information content (AvgIpc) is 3.37. The number of amides is 1. The molecular weight excluding hydrogens is 456 g/mol. The summed E-state index contributed by atoms with van der Waals surface area (Å²) >= 11 is 6.42. The Morgan fingerprint density at radius 2 is 2.00 bits per heavy atom. The summed E-state index contributed by atoms with van der Waals surface area (Å²) in [5.74, 6) is -3.83. The molecule has 166 valence electrons. The van der Waals surface area contributed by atoms with Crippen LogP contribution in [0.15, 0.2) is 36.7 Å². The summed E-state index contributed by atoms with van der Waals surface area (Å²) < 4.78 is 8.39. The van der Waals surface area contributed by atoms with Crippen LogP contribution in [0, 0.1) is 6.92 Å².